The van der Waals surface area contributed by atoms with Crippen molar-refractivity contribution in [2.75, 3.05) is 13.7 Å². The van der Waals surface area contributed by atoms with Crippen LogP contribution < -0.4 is 10.6 Å². The van der Waals surface area contributed by atoms with Gasteiger partial charge < -0.3 is 34.7 Å². The molecule has 10 aromatic rings. The highest BCUT2D eigenvalue weighted by atomic mass is 16.6. The fourth-order valence-electron chi connectivity index (χ4n) is 10.5. The predicted molar refractivity (Wildman–Crippen MR) is 334 cm³/mol. The second-order valence-corrected chi connectivity index (χ2v) is 20.6. The largest absolute Gasteiger partial charge is 0.478 e. The number of benzene rings is 8. The van der Waals surface area contributed by atoms with E-state index in [0.717, 1.165) is 95.9 Å². The Kier molecular flexibility index (Phi) is 19.5. The fraction of sp³-hybridized carbons (Fsp3) is 0.188. The van der Waals surface area contributed by atoms with Gasteiger partial charge in [-0.3, -0.25) is 29.8 Å². The summed E-state index contributed by atoms with van der Waals surface area (Å²) in [7, 11) is 1.00. The number of nitro groups is 2. The molecule has 438 valence electrons. The van der Waals surface area contributed by atoms with Gasteiger partial charge >= 0.3 is 11.9 Å². The highest BCUT2D eigenvalue weighted by molar-refractivity contribution is 6.01. The predicted octanol–water partition coefficient (Wildman–Crippen LogP) is 14.2. The number of nitrogens with zero attached hydrogens (tertiary/aromatic N) is 4. The molecule has 0 fully saturated rings. The average molecular weight is 1160 g/mol. The number of aliphatic hydroxyl groups is 1. The average Bonchev–Trinajstić information content (AvgIpc) is 2.10. The zero-order chi connectivity index (χ0) is 61.9. The molecule has 0 saturated heterocycles. The summed E-state index contributed by atoms with van der Waals surface area (Å²) in [6, 6.07) is 53.8. The topological polar surface area (TPSA) is 238 Å². The van der Waals surface area contributed by atoms with E-state index in [1.54, 1.807) is 55.5 Å². The molecule has 17 heteroatoms. The number of aromatic carboxylic acids is 1. The van der Waals surface area contributed by atoms with Gasteiger partial charge in [0.05, 0.1) is 39.7 Å². The summed E-state index contributed by atoms with van der Waals surface area (Å²) in [6.07, 6.45) is 0. The van der Waals surface area contributed by atoms with Crippen molar-refractivity contribution >= 4 is 56.9 Å². The standard InChI is InChI=1S/C35H33N3O5.C33H29N3O5.CH4O/c1-5-43-35(40)27-12-10-26(11-13-27)31-9-7-6-8-29(31)21-37-24(4)22(2)32-20-28(16-19-33(32)37)34(39)36-23(3)25-14-17-30(18-15-25)38(41)42;1-20-22(3)35(19-27-6-4-5-7-29(27)24-8-10-25(11-9-24)33(38)39)31-17-14-26(18-30(20)31)32(37)34-21(2)23-12-15-28(16-13-23)36(40)41;1-2/h6-20,23H,5,21H2,1-4H3,(H,36,39);4-18,21H,19H2,1-3H3,(H,34,37)(H,38,39);2H,1H3/t23-;21-;/m00./s1. The van der Waals surface area contributed by atoms with Gasteiger partial charge in [0, 0.05) is 88.8 Å². The molecule has 2 atom stereocenters. The molecule has 0 aliphatic rings. The van der Waals surface area contributed by atoms with Gasteiger partial charge in [0.1, 0.15) is 0 Å². The van der Waals surface area contributed by atoms with E-state index in [-0.39, 0.29) is 46.8 Å². The Balaban J connectivity index is 0.000000218. The highest BCUT2D eigenvalue weighted by Gasteiger charge is 2.21. The molecular weight excluding hydrogens is 1090 g/mol. The molecular formula is C69H66N6O11. The third-order valence-electron chi connectivity index (χ3n) is 15.5. The number of carbonyl (C=O) groups is 4. The minimum atomic E-state index is -0.955. The van der Waals surface area contributed by atoms with E-state index in [0.29, 0.717) is 36.4 Å². The minimum absolute atomic E-state index is 0.00630. The Morgan fingerprint density at radius 2 is 0.872 bits per heavy atom. The number of aliphatic hydroxyl groups excluding tert-OH is 1. The van der Waals surface area contributed by atoms with Gasteiger partial charge in [-0.1, -0.05) is 97.1 Å². The number of carbonyl (C=O) groups excluding carboxylic acids is 3. The van der Waals surface area contributed by atoms with Crippen molar-refractivity contribution < 1.29 is 44.0 Å². The van der Waals surface area contributed by atoms with Gasteiger partial charge in [0.15, 0.2) is 0 Å². The summed E-state index contributed by atoms with van der Waals surface area (Å²) in [5.41, 5.74) is 16.1. The molecule has 2 aromatic heterocycles. The van der Waals surface area contributed by atoms with E-state index >= 15 is 0 Å². The number of carboxylic acid groups (broad SMARTS) is 1. The summed E-state index contributed by atoms with van der Waals surface area (Å²) in [5, 5.41) is 46.1. The first kappa shape index (κ1) is 61.5. The Morgan fingerprint density at radius 3 is 1.23 bits per heavy atom. The Labute approximate surface area is 497 Å². The first-order valence-electron chi connectivity index (χ1n) is 27.8. The van der Waals surface area contributed by atoms with Gasteiger partial charge in [0.25, 0.3) is 23.2 Å². The summed E-state index contributed by atoms with van der Waals surface area (Å²) >= 11 is 0. The van der Waals surface area contributed by atoms with Gasteiger partial charge in [-0.15, -0.1) is 0 Å². The number of rotatable bonds is 17. The molecule has 0 aliphatic heterocycles. The van der Waals surface area contributed by atoms with E-state index < -0.39 is 15.8 Å². The SMILES string of the molecule is CCOC(=O)c1ccc(-c2ccccc2Cn2c(C)c(C)c3cc(C(=O)N[C@@H](C)c4ccc([N+](=O)[O-])cc4)ccc32)cc1.CO.Cc1c(C)n(Cc2ccccc2-c2ccc(C(=O)O)cc2)c2ccc(C(=O)N[C@@H](C)c3ccc([N+](=O)[O-])cc3)cc12. The summed E-state index contributed by atoms with van der Waals surface area (Å²) in [6.45, 7) is 15.3. The molecule has 4 N–H and O–H groups in total. The maximum atomic E-state index is 13.2. The van der Waals surface area contributed by atoms with E-state index in [2.05, 4.69) is 58.7 Å². The molecule has 17 nitrogen and oxygen atoms in total. The maximum absolute atomic E-state index is 13.2. The number of non-ortho nitro benzene ring substituents is 2. The smallest absolute Gasteiger partial charge is 0.338 e. The number of hydrogen-bond donors (Lipinski definition) is 4. The van der Waals surface area contributed by atoms with Crippen LogP contribution >= 0.6 is 0 Å². The number of amides is 2. The van der Waals surface area contributed by atoms with Gasteiger partial charge in [0.2, 0.25) is 0 Å². The van der Waals surface area contributed by atoms with Crippen molar-refractivity contribution in [3.05, 3.63) is 269 Å². The third-order valence-corrected chi connectivity index (χ3v) is 15.5. The third kappa shape index (κ3) is 13.6. The lowest BCUT2D eigenvalue weighted by molar-refractivity contribution is -0.385. The molecule has 8 aromatic carbocycles. The first-order valence-corrected chi connectivity index (χ1v) is 27.8. The lowest BCUT2D eigenvalue weighted by Crippen LogP contribution is -2.26. The van der Waals surface area contributed by atoms with Gasteiger partial charge in [-0.25, -0.2) is 9.59 Å². The van der Waals surface area contributed by atoms with E-state index in [9.17, 15) is 44.5 Å². The van der Waals surface area contributed by atoms with Gasteiger partial charge in [-0.05, 0) is 165 Å². The van der Waals surface area contributed by atoms with E-state index in [1.807, 2.05) is 112 Å². The summed E-state index contributed by atoms with van der Waals surface area (Å²) in [5.74, 6) is -1.73. The zero-order valence-electron chi connectivity index (χ0n) is 49.0. The molecule has 0 radical (unpaired) electrons. The quantitative estimate of drug-likeness (QED) is 0.0380. The number of ether oxygens (including phenoxy) is 1. The molecule has 0 spiro atoms. The van der Waals surface area contributed by atoms with Crippen LogP contribution in [0.5, 0.6) is 0 Å². The normalized spacial score (nSPS) is 11.5. The van der Waals surface area contributed by atoms with E-state index in [4.69, 9.17) is 9.84 Å². The zero-order valence-corrected chi connectivity index (χ0v) is 49.0. The molecule has 2 amide bonds. The Bertz CT molecular complexity index is 4150. The number of fused-ring (bicyclic) bond motifs is 2. The number of nitro benzene ring substituents is 2. The summed E-state index contributed by atoms with van der Waals surface area (Å²) in [4.78, 5) is 70.7. The minimum Gasteiger partial charge on any atom is -0.478 e. The van der Waals surface area contributed by atoms with E-state index in [1.165, 1.54) is 24.3 Å². The highest BCUT2D eigenvalue weighted by Crippen LogP contribution is 2.33. The summed E-state index contributed by atoms with van der Waals surface area (Å²) < 4.78 is 9.61. The molecule has 0 unspecified atom stereocenters. The number of aryl methyl sites for hydroxylation is 2. The number of hydrogen-bond acceptors (Lipinski definition) is 10. The van der Waals surface area contributed by atoms with Crippen molar-refractivity contribution in [1.29, 1.82) is 0 Å². The Morgan fingerprint density at radius 1 is 0.512 bits per heavy atom. The van der Waals surface area contributed by atoms with Crippen molar-refractivity contribution in [1.82, 2.24) is 19.8 Å². The molecule has 0 aliphatic carbocycles. The van der Waals surface area contributed by atoms with Crippen LogP contribution in [0.4, 0.5) is 11.4 Å². The van der Waals surface area contributed by atoms with Crippen molar-refractivity contribution in [3.63, 3.8) is 0 Å². The number of carboxylic acids is 1. The first-order chi connectivity index (χ1) is 41.3. The van der Waals surface area contributed by atoms with Crippen LogP contribution in [-0.4, -0.2) is 66.7 Å². The van der Waals surface area contributed by atoms with Crippen LogP contribution in [-0.2, 0) is 17.8 Å². The molecule has 0 saturated carbocycles. The monoisotopic (exact) mass is 1150 g/mol. The van der Waals surface area contributed by atoms with Crippen LogP contribution in [0, 0.1) is 47.9 Å². The van der Waals surface area contributed by atoms with Crippen LogP contribution in [0.1, 0.15) is 119 Å². The lowest BCUT2D eigenvalue weighted by Gasteiger charge is -2.15. The lowest BCUT2D eigenvalue weighted by atomic mass is 9.98. The fourth-order valence-corrected chi connectivity index (χ4v) is 10.5. The molecule has 2 heterocycles. The number of aromatic nitrogens is 2. The Hall–Kier alpha value is -10.5. The maximum Gasteiger partial charge on any atom is 0.338 e. The van der Waals surface area contributed by atoms with Crippen molar-refractivity contribution in [2.45, 2.75) is 73.6 Å². The van der Waals surface area contributed by atoms with Crippen LogP contribution in [0.3, 0.4) is 0 Å². The molecule has 0 bridgehead atoms. The number of nitrogens with one attached hydrogen (secondary N) is 2. The molecule has 10 rings (SSSR count). The van der Waals surface area contributed by atoms with Crippen LogP contribution in [0.25, 0.3) is 44.1 Å². The van der Waals surface area contributed by atoms with Crippen molar-refractivity contribution in [3.8, 4) is 22.3 Å². The second kappa shape index (κ2) is 27.3. The molecule has 86 heavy (non-hydrogen) atoms. The van der Waals surface area contributed by atoms with Crippen LogP contribution in [0.15, 0.2) is 182 Å². The number of esters is 1. The second-order valence-electron chi connectivity index (χ2n) is 20.6. The van der Waals surface area contributed by atoms with Crippen LogP contribution in [0.2, 0.25) is 0 Å². The van der Waals surface area contributed by atoms with Gasteiger partial charge in [-0.2, -0.15) is 0 Å². The van der Waals surface area contributed by atoms with Crippen molar-refractivity contribution in [2.24, 2.45) is 0 Å².